The zero-order valence-corrected chi connectivity index (χ0v) is 11.8. The van der Waals surface area contributed by atoms with Crippen molar-refractivity contribution in [3.05, 3.63) is 0 Å². The minimum atomic E-state index is -0.388. The van der Waals surface area contributed by atoms with Crippen LogP contribution in [0.3, 0.4) is 0 Å². The van der Waals surface area contributed by atoms with Gasteiger partial charge in [0, 0.05) is 13.2 Å². The highest BCUT2D eigenvalue weighted by molar-refractivity contribution is 7.80. The van der Waals surface area contributed by atoms with Gasteiger partial charge in [0.2, 0.25) is 5.91 Å². The van der Waals surface area contributed by atoms with Crippen molar-refractivity contribution >= 4 is 23.1 Å². The van der Waals surface area contributed by atoms with Gasteiger partial charge in [-0.2, -0.15) is 0 Å². The molecule has 4 nitrogen and oxygen atoms in total. The molecule has 17 heavy (non-hydrogen) atoms. The maximum absolute atomic E-state index is 11.8. The zero-order valence-electron chi connectivity index (χ0n) is 11.0. The van der Waals surface area contributed by atoms with Crippen molar-refractivity contribution in [1.82, 2.24) is 5.32 Å². The van der Waals surface area contributed by atoms with Crippen LogP contribution in [0.5, 0.6) is 0 Å². The van der Waals surface area contributed by atoms with E-state index in [0.29, 0.717) is 13.2 Å². The van der Waals surface area contributed by atoms with E-state index < -0.39 is 0 Å². The van der Waals surface area contributed by atoms with Crippen LogP contribution in [-0.4, -0.2) is 30.7 Å². The first kappa shape index (κ1) is 16.3. The van der Waals surface area contributed by atoms with Crippen molar-refractivity contribution in [1.29, 1.82) is 0 Å². The maximum atomic E-state index is 11.8. The molecule has 0 aliphatic rings. The molecular weight excluding hydrogens is 236 g/mol. The van der Waals surface area contributed by atoms with Crippen molar-refractivity contribution in [2.75, 3.05) is 19.8 Å². The van der Waals surface area contributed by atoms with Gasteiger partial charge in [0.25, 0.3) is 0 Å². The SMILES string of the molecule is CCCCOCCNC(=O)C(C(N)=S)C(C)C. The molecular formula is C12H24N2O2S. The van der Waals surface area contributed by atoms with Gasteiger partial charge in [-0.15, -0.1) is 0 Å². The van der Waals surface area contributed by atoms with E-state index in [9.17, 15) is 4.79 Å². The number of carbonyl (C=O) groups excluding carboxylic acids is 1. The lowest BCUT2D eigenvalue weighted by atomic mass is 9.95. The zero-order chi connectivity index (χ0) is 13.3. The van der Waals surface area contributed by atoms with E-state index in [1.807, 2.05) is 13.8 Å². The number of nitrogens with one attached hydrogen (secondary N) is 1. The lowest BCUT2D eigenvalue weighted by Crippen LogP contribution is -2.41. The van der Waals surface area contributed by atoms with Crippen LogP contribution in [-0.2, 0) is 9.53 Å². The summed E-state index contributed by atoms with van der Waals surface area (Å²) in [6.07, 6.45) is 2.17. The van der Waals surface area contributed by atoms with Crippen LogP contribution in [0.1, 0.15) is 33.6 Å². The molecule has 0 aromatic rings. The number of unbranched alkanes of at least 4 members (excludes halogenated alkanes) is 1. The molecule has 0 saturated heterocycles. The second-order valence-electron chi connectivity index (χ2n) is 4.38. The Hall–Kier alpha value is -0.680. The fourth-order valence-electron chi connectivity index (χ4n) is 1.47. The number of rotatable bonds is 9. The molecule has 0 heterocycles. The molecule has 3 N–H and O–H groups in total. The van der Waals surface area contributed by atoms with Gasteiger partial charge in [0.05, 0.1) is 17.5 Å². The molecule has 0 rings (SSSR count). The van der Waals surface area contributed by atoms with Crippen LogP contribution in [0.4, 0.5) is 0 Å². The highest BCUT2D eigenvalue weighted by Gasteiger charge is 2.24. The fourth-order valence-corrected chi connectivity index (χ4v) is 1.84. The van der Waals surface area contributed by atoms with E-state index in [0.717, 1.165) is 19.4 Å². The molecule has 0 bridgehead atoms. The van der Waals surface area contributed by atoms with Crippen LogP contribution in [0.2, 0.25) is 0 Å². The summed E-state index contributed by atoms with van der Waals surface area (Å²) in [7, 11) is 0. The number of hydrogen-bond acceptors (Lipinski definition) is 3. The fraction of sp³-hybridized carbons (Fsp3) is 0.833. The van der Waals surface area contributed by atoms with Gasteiger partial charge in [-0.05, 0) is 12.3 Å². The van der Waals surface area contributed by atoms with Gasteiger partial charge < -0.3 is 15.8 Å². The summed E-state index contributed by atoms with van der Waals surface area (Å²) in [6.45, 7) is 7.76. The van der Waals surface area contributed by atoms with Gasteiger partial charge in [-0.3, -0.25) is 4.79 Å². The van der Waals surface area contributed by atoms with E-state index in [-0.39, 0.29) is 22.7 Å². The second kappa shape index (κ2) is 9.36. The van der Waals surface area contributed by atoms with Crippen molar-refractivity contribution in [3.63, 3.8) is 0 Å². The average Bonchev–Trinajstić information content (AvgIpc) is 2.22. The Morgan fingerprint density at radius 3 is 2.53 bits per heavy atom. The molecule has 100 valence electrons. The summed E-state index contributed by atoms with van der Waals surface area (Å²) in [6, 6.07) is 0. The van der Waals surface area contributed by atoms with Crippen LogP contribution >= 0.6 is 12.2 Å². The predicted octanol–water partition coefficient (Wildman–Crippen LogP) is 1.48. The third-order valence-electron chi connectivity index (χ3n) is 2.44. The number of thiocarbonyl (C=S) groups is 1. The number of nitrogens with two attached hydrogens (primary N) is 1. The Balaban J connectivity index is 3.80. The molecule has 0 aromatic heterocycles. The average molecular weight is 260 g/mol. The highest BCUT2D eigenvalue weighted by Crippen LogP contribution is 2.11. The first-order valence-corrected chi connectivity index (χ1v) is 6.56. The van der Waals surface area contributed by atoms with Crippen molar-refractivity contribution < 1.29 is 9.53 Å². The Morgan fingerprint density at radius 2 is 2.06 bits per heavy atom. The molecule has 0 radical (unpaired) electrons. The third-order valence-corrected chi connectivity index (χ3v) is 2.70. The summed E-state index contributed by atoms with van der Waals surface area (Å²) in [5.74, 6) is -0.374. The largest absolute Gasteiger partial charge is 0.393 e. The molecule has 1 unspecified atom stereocenters. The van der Waals surface area contributed by atoms with Crippen molar-refractivity contribution in [2.24, 2.45) is 17.6 Å². The molecule has 0 fully saturated rings. The van der Waals surface area contributed by atoms with Crippen molar-refractivity contribution in [2.45, 2.75) is 33.6 Å². The van der Waals surface area contributed by atoms with E-state index in [4.69, 9.17) is 22.7 Å². The molecule has 0 aliphatic carbocycles. The summed E-state index contributed by atoms with van der Waals surface area (Å²) in [4.78, 5) is 12.0. The lowest BCUT2D eigenvalue weighted by molar-refractivity contribution is -0.124. The third kappa shape index (κ3) is 7.28. The Morgan fingerprint density at radius 1 is 1.41 bits per heavy atom. The Labute approximate surface area is 109 Å². The lowest BCUT2D eigenvalue weighted by Gasteiger charge is -2.18. The summed E-state index contributed by atoms with van der Waals surface area (Å²) >= 11 is 4.89. The van der Waals surface area contributed by atoms with E-state index >= 15 is 0 Å². The maximum Gasteiger partial charge on any atom is 0.230 e. The molecule has 0 aromatic carbocycles. The summed E-state index contributed by atoms with van der Waals surface area (Å²) in [5, 5.41) is 2.79. The predicted molar refractivity (Wildman–Crippen MR) is 73.9 cm³/mol. The second-order valence-corrected chi connectivity index (χ2v) is 4.85. The van der Waals surface area contributed by atoms with E-state index in [1.54, 1.807) is 0 Å². The first-order valence-electron chi connectivity index (χ1n) is 6.15. The van der Waals surface area contributed by atoms with Gasteiger partial charge in [0.15, 0.2) is 0 Å². The topological polar surface area (TPSA) is 64.3 Å². The number of ether oxygens (including phenoxy) is 1. The highest BCUT2D eigenvalue weighted by atomic mass is 32.1. The van der Waals surface area contributed by atoms with E-state index in [1.165, 1.54) is 0 Å². The minimum absolute atomic E-state index is 0.105. The van der Waals surface area contributed by atoms with Gasteiger partial charge in [-0.25, -0.2) is 0 Å². The van der Waals surface area contributed by atoms with Gasteiger partial charge in [-0.1, -0.05) is 39.4 Å². The van der Waals surface area contributed by atoms with Gasteiger partial charge in [0.1, 0.15) is 0 Å². The molecule has 1 amide bonds. The molecule has 5 heteroatoms. The summed E-state index contributed by atoms with van der Waals surface area (Å²) < 4.78 is 5.35. The number of carbonyl (C=O) groups is 1. The standard InChI is InChI=1S/C12H24N2O2S/c1-4-5-7-16-8-6-14-12(15)10(9(2)3)11(13)17/h9-10H,4-8H2,1-3H3,(H2,13,17)(H,14,15). The Kier molecular flexibility index (Phi) is 8.99. The molecule has 0 saturated carbocycles. The quantitative estimate of drug-likeness (QED) is 0.487. The van der Waals surface area contributed by atoms with Crippen LogP contribution in [0, 0.1) is 11.8 Å². The van der Waals surface area contributed by atoms with E-state index in [2.05, 4.69) is 12.2 Å². The van der Waals surface area contributed by atoms with Gasteiger partial charge >= 0.3 is 0 Å². The molecule has 1 atom stereocenters. The molecule has 0 spiro atoms. The smallest absolute Gasteiger partial charge is 0.230 e. The number of amides is 1. The monoisotopic (exact) mass is 260 g/mol. The van der Waals surface area contributed by atoms with Crippen molar-refractivity contribution in [3.8, 4) is 0 Å². The summed E-state index contributed by atoms with van der Waals surface area (Å²) in [5.41, 5.74) is 5.55. The van der Waals surface area contributed by atoms with Crippen LogP contribution in [0.25, 0.3) is 0 Å². The Bertz CT molecular complexity index is 245. The first-order chi connectivity index (χ1) is 8.00. The van der Waals surface area contributed by atoms with Crippen LogP contribution < -0.4 is 11.1 Å². The normalized spacial score (nSPS) is 12.5. The minimum Gasteiger partial charge on any atom is -0.393 e. The molecule has 0 aliphatic heterocycles. The van der Waals surface area contributed by atoms with Crippen LogP contribution in [0.15, 0.2) is 0 Å². The number of hydrogen-bond donors (Lipinski definition) is 2.